The smallest absolute Gasteiger partial charge is 0.161 e. The minimum Gasteiger partial charge on any atom is -0.504 e. The number of hydrogen-bond acceptors (Lipinski definition) is 6. The van der Waals surface area contributed by atoms with Crippen molar-refractivity contribution in [2.45, 2.75) is 12.3 Å². The summed E-state index contributed by atoms with van der Waals surface area (Å²) in [7, 11) is 4.67. The summed E-state index contributed by atoms with van der Waals surface area (Å²) in [5, 5.41) is 30.3. The van der Waals surface area contributed by atoms with Crippen molar-refractivity contribution in [2.75, 3.05) is 34.5 Å². The highest BCUT2D eigenvalue weighted by molar-refractivity contribution is 5.53. The van der Waals surface area contributed by atoms with Crippen molar-refractivity contribution in [2.24, 2.45) is 11.8 Å². The molecule has 27 heavy (non-hydrogen) atoms. The summed E-state index contributed by atoms with van der Waals surface area (Å²) in [5.74, 6) is 1.18. The van der Waals surface area contributed by atoms with Crippen LogP contribution in [0.25, 0.3) is 0 Å². The molecule has 146 valence electrons. The SMILES string of the molecule is COc1cc2c(cc1O)[C@H](c1ccc(OC)c(OC)c1)[C@@H](CO)[C@H](CO)C2. The Morgan fingerprint density at radius 3 is 2.19 bits per heavy atom. The van der Waals surface area contributed by atoms with E-state index in [0.29, 0.717) is 23.7 Å². The summed E-state index contributed by atoms with van der Waals surface area (Å²) >= 11 is 0. The second kappa shape index (κ2) is 8.06. The maximum Gasteiger partial charge on any atom is 0.161 e. The van der Waals surface area contributed by atoms with Gasteiger partial charge in [0.05, 0.1) is 21.3 Å². The van der Waals surface area contributed by atoms with Gasteiger partial charge in [-0.1, -0.05) is 6.07 Å². The largest absolute Gasteiger partial charge is 0.504 e. The zero-order valence-corrected chi connectivity index (χ0v) is 15.8. The first kappa shape index (κ1) is 19.3. The molecular formula is C21H26O6. The fraction of sp³-hybridized carbons (Fsp3) is 0.429. The zero-order chi connectivity index (χ0) is 19.6. The molecule has 0 saturated heterocycles. The quantitative estimate of drug-likeness (QED) is 0.719. The van der Waals surface area contributed by atoms with Gasteiger partial charge in [-0.15, -0.1) is 0 Å². The molecule has 0 radical (unpaired) electrons. The molecule has 0 aromatic heterocycles. The van der Waals surface area contributed by atoms with Crippen molar-refractivity contribution in [3.63, 3.8) is 0 Å². The van der Waals surface area contributed by atoms with Crippen LogP contribution in [0.15, 0.2) is 30.3 Å². The average molecular weight is 374 g/mol. The molecule has 0 unspecified atom stereocenters. The lowest BCUT2D eigenvalue weighted by molar-refractivity contribution is 0.101. The Balaban J connectivity index is 2.18. The van der Waals surface area contributed by atoms with Gasteiger partial charge < -0.3 is 29.5 Å². The minimum absolute atomic E-state index is 0.0301. The van der Waals surface area contributed by atoms with Crippen molar-refractivity contribution in [3.05, 3.63) is 47.0 Å². The number of benzene rings is 2. The van der Waals surface area contributed by atoms with Crippen LogP contribution in [0.3, 0.4) is 0 Å². The third-order valence-corrected chi connectivity index (χ3v) is 5.50. The van der Waals surface area contributed by atoms with Gasteiger partial charge in [0.2, 0.25) is 0 Å². The molecule has 6 heteroatoms. The van der Waals surface area contributed by atoms with Gasteiger partial charge in [-0.3, -0.25) is 0 Å². The summed E-state index contributed by atoms with van der Waals surface area (Å²) in [5.41, 5.74) is 2.84. The van der Waals surface area contributed by atoms with E-state index in [0.717, 1.165) is 16.7 Å². The lowest BCUT2D eigenvalue weighted by atomic mass is 9.67. The maximum atomic E-state index is 10.3. The second-order valence-electron chi connectivity index (χ2n) is 6.81. The van der Waals surface area contributed by atoms with Gasteiger partial charge in [-0.25, -0.2) is 0 Å². The number of rotatable bonds is 6. The standard InChI is InChI=1S/C21H26O6/c1-25-18-5-4-12(7-20(18)27-3)21-15-9-17(24)19(26-2)8-13(15)6-14(10-22)16(21)11-23/h4-5,7-9,14,16,21-24H,6,10-11H2,1-3H3/t14-,16-,21-/m0/s1. The number of methoxy groups -OCH3 is 3. The van der Waals surface area contributed by atoms with Gasteiger partial charge >= 0.3 is 0 Å². The van der Waals surface area contributed by atoms with Crippen LogP contribution < -0.4 is 14.2 Å². The van der Waals surface area contributed by atoms with Crippen molar-refractivity contribution >= 4 is 0 Å². The molecule has 1 aliphatic carbocycles. The van der Waals surface area contributed by atoms with E-state index in [-0.39, 0.29) is 36.7 Å². The number of aliphatic hydroxyl groups excluding tert-OH is 2. The Morgan fingerprint density at radius 1 is 0.889 bits per heavy atom. The topological polar surface area (TPSA) is 88.4 Å². The molecule has 0 spiro atoms. The molecule has 0 bridgehead atoms. The highest BCUT2D eigenvalue weighted by Gasteiger charge is 2.38. The van der Waals surface area contributed by atoms with Crippen molar-refractivity contribution in [3.8, 4) is 23.0 Å². The molecule has 0 amide bonds. The molecule has 3 atom stereocenters. The van der Waals surface area contributed by atoms with Gasteiger partial charge in [0.1, 0.15) is 0 Å². The van der Waals surface area contributed by atoms with Crippen molar-refractivity contribution in [1.82, 2.24) is 0 Å². The average Bonchev–Trinajstić information content (AvgIpc) is 2.71. The third-order valence-electron chi connectivity index (χ3n) is 5.50. The molecular weight excluding hydrogens is 348 g/mol. The van der Waals surface area contributed by atoms with Crippen LogP contribution in [-0.4, -0.2) is 49.9 Å². The van der Waals surface area contributed by atoms with Crippen molar-refractivity contribution in [1.29, 1.82) is 0 Å². The van der Waals surface area contributed by atoms with Gasteiger partial charge in [0, 0.05) is 19.1 Å². The summed E-state index contributed by atoms with van der Waals surface area (Å²) in [6.45, 7) is -0.103. The molecule has 0 fully saturated rings. The lowest BCUT2D eigenvalue weighted by Gasteiger charge is -2.39. The zero-order valence-electron chi connectivity index (χ0n) is 15.8. The van der Waals surface area contributed by atoms with Crippen LogP contribution in [0.1, 0.15) is 22.6 Å². The Kier molecular flexibility index (Phi) is 5.77. The number of phenolic OH excluding ortho intramolecular Hbond substituents is 1. The molecule has 3 rings (SSSR count). The Hall–Kier alpha value is -2.44. The van der Waals surface area contributed by atoms with E-state index >= 15 is 0 Å². The maximum absolute atomic E-state index is 10.3. The molecule has 0 aliphatic heterocycles. The highest BCUT2D eigenvalue weighted by Crippen LogP contribution is 2.47. The summed E-state index contributed by atoms with van der Waals surface area (Å²) in [4.78, 5) is 0. The second-order valence-corrected chi connectivity index (χ2v) is 6.81. The van der Waals surface area contributed by atoms with Crippen LogP contribution in [0.5, 0.6) is 23.0 Å². The summed E-state index contributed by atoms with van der Waals surface area (Å²) in [6.07, 6.45) is 0.609. The first-order valence-electron chi connectivity index (χ1n) is 8.91. The molecule has 0 saturated carbocycles. The van der Waals surface area contributed by atoms with E-state index in [1.807, 2.05) is 24.3 Å². The van der Waals surface area contributed by atoms with Crippen LogP contribution in [0, 0.1) is 11.8 Å². The monoisotopic (exact) mass is 374 g/mol. The molecule has 2 aromatic carbocycles. The number of aromatic hydroxyl groups is 1. The molecule has 0 heterocycles. The van der Waals surface area contributed by atoms with Gasteiger partial charge in [-0.05, 0) is 59.2 Å². The van der Waals surface area contributed by atoms with E-state index in [1.165, 1.54) is 7.11 Å². The normalized spacial score (nSPS) is 21.4. The molecule has 3 N–H and O–H groups in total. The molecule has 2 aromatic rings. The lowest BCUT2D eigenvalue weighted by Crippen LogP contribution is -2.35. The van der Waals surface area contributed by atoms with Crippen molar-refractivity contribution < 1.29 is 29.5 Å². The Labute approximate surface area is 158 Å². The predicted octanol–water partition coefficient (Wildman–Crippen LogP) is 2.32. The minimum atomic E-state index is -0.201. The number of phenols is 1. The molecule has 1 aliphatic rings. The van der Waals surface area contributed by atoms with E-state index in [9.17, 15) is 15.3 Å². The van der Waals surface area contributed by atoms with E-state index in [2.05, 4.69) is 0 Å². The van der Waals surface area contributed by atoms with E-state index in [4.69, 9.17) is 14.2 Å². The summed E-state index contributed by atoms with van der Waals surface area (Å²) in [6, 6.07) is 9.16. The Bertz CT molecular complexity index is 803. The fourth-order valence-electron chi connectivity index (χ4n) is 4.12. The van der Waals surface area contributed by atoms with E-state index < -0.39 is 0 Å². The number of fused-ring (bicyclic) bond motifs is 1. The predicted molar refractivity (Wildman–Crippen MR) is 101 cm³/mol. The van der Waals surface area contributed by atoms with Crippen LogP contribution >= 0.6 is 0 Å². The van der Waals surface area contributed by atoms with Gasteiger partial charge in [-0.2, -0.15) is 0 Å². The number of hydrogen-bond donors (Lipinski definition) is 3. The van der Waals surface area contributed by atoms with Crippen LogP contribution in [-0.2, 0) is 6.42 Å². The van der Waals surface area contributed by atoms with E-state index in [1.54, 1.807) is 20.3 Å². The number of ether oxygens (including phenoxy) is 3. The number of aliphatic hydroxyl groups is 2. The van der Waals surface area contributed by atoms with Crippen LogP contribution in [0.2, 0.25) is 0 Å². The first-order chi connectivity index (χ1) is 13.1. The molecule has 6 nitrogen and oxygen atoms in total. The van der Waals surface area contributed by atoms with Crippen LogP contribution in [0.4, 0.5) is 0 Å². The van der Waals surface area contributed by atoms with Gasteiger partial charge in [0.15, 0.2) is 23.0 Å². The summed E-state index contributed by atoms with van der Waals surface area (Å²) < 4.78 is 16.0. The first-order valence-corrected chi connectivity index (χ1v) is 8.91. The fourth-order valence-corrected chi connectivity index (χ4v) is 4.12. The Morgan fingerprint density at radius 2 is 1.59 bits per heavy atom. The highest BCUT2D eigenvalue weighted by atomic mass is 16.5. The third kappa shape index (κ3) is 3.42. The van der Waals surface area contributed by atoms with Gasteiger partial charge in [0.25, 0.3) is 0 Å².